The molecular formula is C18H21N3O4S. The lowest BCUT2D eigenvalue weighted by atomic mass is 10.1. The standard InChI is InChI=1S/C18H21N3O4S/c1-13(16-11-7-8-12-17(16)22)19-20-18(23)14(2)21(26(3,24)25)15-9-5-4-6-10-15/h4-12,14,22H,1-3H3,(H,20,23)/b19-13-/t14-/m0/s1. The maximum atomic E-state index is 12.4. The number of benzene rings is 2. The van der Waals surface area contributed by atoms with E-state index in [-0.39, 0.29) is 5.75 Å². The number of aromatic hydroxyl groups is 1. The van der Waals surface area contributed by atoms with Gasteiger partial charge in [0.2, 0.25) is 10.0 Å². The van der Waals surface area contributed by atoms with E-state index in [4.69, 9.17) is 0 Å². The third kappa shape index (κ3) is 4.60. The number of rotatable bonds is 6. The molecular weight excluding hydrogens is 354 g/mol. The van der Waals surface area contributed by atoms with Gasteiger partial charge in [0.25, 0.3) is 5.91 Å². The average molecular weight is 375 g/mol. The summed E-state index contributed by atoms with van der Waals surface area (Å²) < 4.78 is 25.4. The second kappa shape index (κ2) is 8.01. The van der Waals surface area contributed by atoms with Gasteiger partial charge in [0, 0.05) is 5.56 Å². The summed E-state index contributed by atoms with van der Waals surface area (Å²) in [4.78, 5) is 12.4. The fourth-order valence-electron chi connectivity index (χ4n) is 2.46. The predicted octanol–water partition coefficient (Wildman–Crippen LogP) is 2.09. The van der Waals surface area contributed by atoms with Crippen molar-refractivity contribution >= 4 is 27.3 Å². The molecule has 8 heteroatoms. The van der Waals surface area contributed by atoms with Gasteiger partial charge in [-0.05, 0) is 38.1 Å². The minimum Gasteiger partial charge on any atom is -0.507 e. The number of carbonyl (C=O) groups is 1. The van der Waals surface area contributed by atoms with Crippen LogP contribution in [0.25, 0.3) is 0 Å². The van der Waals surface area contributed by atoms with Gasteiger partial charge in [-0.25, -0.2) is 13.8 Å². The van der Waals surface area contributed by atoms with Gasteiger partial charge in [0.15, 0.2) is 0 Å². The molecule has 0 unspecified atom stereocenters. The van der Waals surface area contributed by atoms with Gasteiger partial charge in [0.05, 0.1) is 17.7 Å². The van der Waals surface area contributed by atoms with Crippen molar-refractivity contribution in [1.29, 1.82) is 0 Å². The molecule has 0 aliphatic carbocycles. The summed E-state index contributed by atoms with van der Waals surface area (Å²) in [5, 5.41) is 13.8. The van der Waals surface area contributed by atoms with Crippen molar-refractivity contribution in [2.75, 3.05) is 10.6 Å². The number of nitrogens with zero attached hydrogens (tertiary/aromatic N) is 2. The number of hydrogen-bond acceptors (Lipinski definition) is 5. The highest BCUT2D eigenvalue weighted by atomic mass is 32.2. The third-order valence-electron chi connectivity index (χ3n) is 3.73. The number of anilines is 1. The van der Waals surface area contributed by atoms with Crippen LogP contribution >= 0.6 is 0 Å². The molecule has 1 amide bonds. The zero-order chi connectivity index (χ0) is 19.3. The molecule has 26 heavy (non-hydrogen) atoms. The number of sulfonamides is 1. The van der Waals surface area contributed by atoms with Gasteiger partial charge in [0.1, 0.15) is 11.8 Å². The van der Waals surface area contributed by atoms with Crippen LogP contribution < -0.4 is 9.73 Å². The van der Waals surface area contributed by atoms with Crippen LogP contribution in [0.5, 0.6) is 5.75 Å². The Bertz CT molecular complexity index is 911. The van der Waals surface area contributed by atoms with E-state index in [9.17, 15) is 18.3 Å². The monoisotopic (exact) mass is 375 g/mol. The highest BCUT2D eigenvalue weighted by Gasteiger charge is 2.28. The van der Waals surface area contributed by atoms with Gasteiger partial charge >= 0.3 is 0 Å². The Morgan fingerprint density at radius 2 is 1.69 bits per heavy atom. The van der Waals surface area contributed by atoms with E-state index >= 15 is 0 Å². The van der Waals surface area contributed by atoms with Crippen LogP contribution in [0.2, 0.25) is 0 Å². The fourth-order valence-corrected chi connectivity index (χ4v) is 3.63. The van der Waals surface area contributed by atoms with Crippen molar-refractivity contribution in [1.82, 2.24) is 5.43 Å². The zero-order valence-corrected chi connectivity index (χ0v) is 15.6. The molecule has 0 aliphatic heterocycles. The summed E-state index contributed by atoms with van der Waals surface area (Å²) in [5.41, 5.74) is 3.62. The number of amides is 1. The number of phenolic OH excluding ortho intramolecular Hbond substituents is 1. The van der Waals surface area contributed by atoms with E-state index in [2.05, 4.69) is 10.5 Å². The first-order chi connectivity index (χ1) is 12.2. The number of hydrogen-bond donors (Lipinski definition) is 2. The molecule has 2 aromatic rings. The van der Waals surface area contributed by atoms with Crippen molar-refractivity contribution in [3.05, 3.63) is 60.2 Å². The molecule has 0 aromatic heterocycles. The molecule has 2 rings (SSSR count). The van der Waals surface area contributed by atoms with E-state index in [1.165, 1.54) is 13.0 Å². The number of para-hydroxylation sites is 2. The highest BCUT2D eigenvalue weighted by Crippen LogP contribution is 2.20. The molecule has 0 spiro atoms. The second-order valence-corrected chi connectivity index (χ2v) is 7.62. The summed E-state index contributed by atoms with van der Waals surface area (Å²) in [6, 6.07) is 14.0. The number of carbonyl (C=O) groups excluding carboxylic acids is 1. The fraction of sp³-hybridized carbons (Fsp3) is 0.222. The lowest BCUT2D eigenvalue weighted by Gasteiger charge is -2.27. The predicted molar refractivity (Wildman–Crippen MR) is 102 cm³/mol. The summed E-state index contributed by atoms with van der Waals surface area (Å²) in [6.45, 7) is 3.11. The van der Waals surface area contributed by atoms with Crippen LogP contribution in [0.1, 0.15) is 19.4 Å². The summed E-state index contributed by atoms with van der Waals surface area (Å²) >= 11 is 0. The van der Waals surface area contributed by atoms with E-state index in [1.54, 1.807) is 55.5 Å². The molecule has 0 heterocycles. The normalized spacial score (nSPS) is 13.1. The SMILES string of the molecule is C/C(=N/NC(=O)[C@H](C)N(c1ccccc1)S(C)(=O)=O)c1ccccc1O. The van der Waals surface area contributed by atoms with Crippen molar-refractivity contribution in [2.24, 2.45) is 5.10 Å². The van der Waals surface area contributed by atoms with Crippen LogP contribution in [0.4, 0.5) is 5.69 Å². The first-order valence-corrected chi connectivity index (χ1v) is 9.73. The second-order valence-electron chi connectivity index (χ2n) is 5.76. The van der Waals surface area contributed by atoms with E-state index in [1.807, 2.05) is 0 Å². The van der Waals surface area contributed by atoms with Crippen LogP contribution in [0, 0.1) is 0 Å². The Balaban J connectivity index is 2.22. The third-order valence-corrected chi connectivity index (χ3v) is 4.97. The topological polar surface area (TPSA) is 99.1 Å². The van der Waals surface area contributed by atoms with Gasteiger partial charge in [-0.3, -0.25) is 9.10 Å². The highest BCUT2D eigenvalue weighted by molar-refractivity contribution is 7.92. The molecule has 138 valence electrons. The smallest absolute Gasteiger partial charge is 0.263 e. The Morgan fingerprint density at radius 3 is 2.27 bits per heavy atom. The quantitative estimate of drug-likeness (QED) is 0.596. The van der Waals surface area contributed by atoms with E-state index in [0.717, 1.165) is 10.6 Å². The summed E-state index contributed by atoms with van der Waals surface area (Å²) in [7, 11) is -3.68. The minimum atomic E-state index is -3.68. The molecule has 0 saturated heterocycles. The van der Waals surface area contributed by atoms with Crippen molar-refractivity contribution < 1.29 is 18.3 Å². The molecule has 2 aromatic carbocycles. The van der Waals surface area contributed by atoms with Gasteiger partial charge in [-0.2, -0.15) is 5.10 Å². The van der Waals surface area contributed by atoms with Crippen LogP contribution in [0.3, 0.4) is 0 Å². The van der Waals surface area contributed by atoms with E-state index < -0.39 is 22.0 Å². The summed E-state index contributed by atoms with van der Waals surface area (Å²) in [5.74, 6) is -0.549. The Kier molecular flexibility index (Phi) is 5.99. The minimum absolute atomic E-state index is 0.0399. The molecule has 0 fully saturated rings. The van der Waals surface area contributed by atoms with Crippen molar-refractivity contribution in [3.8, 4) is 5.75 Å². The molecule has 2 N–H and O–H groups in total. The number of phenols is 1. The first kappa shape index (κ1) is 19.5. The van der Waals surface area contributed by atoms with Gasteiger partial charge < -0.3 is 5.11 Å². The van der Waals surface area contributed by atoms with Gasteiger partial charge in [-0.1, -0.05) is 30.3 Å². The maximum Gasteiger partial charge on any atom is 0.263 e. The van der Waals surface area contributed by atoms with Crippen LogP contribution in [-0.2, 0) is 14.8 Å². The summed E-state index contributed by atoms with van der Waals surface area (Å²) in [6.07, 6.45) is 1.04. The zero-order valence-electron chi connectivity index (χ0n) is 14.7. The number of hydrazone groups is 1. The molecule has 0 saturated carbocycles. The van der Waals surface area contributed by atoms with Crippen LogP contribution in [-0.4, -0.2) is 37.4 Å². The van der Waals surface area contributed by atoms with Crippen molar-refractivity contribution in [2.45, 2.75) is 19.9 Å². The molecule has 0 aliphatic rings. The molecule has 1 atom stereocenters. The van der Waals surface area contributed by atoms with E-state index in [0.29, 0.717) is 17.0 Å². The molecule has 7 nitrogen and oxygen atoms in total. The Labute approximate surface area is 153 Å². The number of nitrogens with one attached hydrogen (secondary N) is 1. The lowest BCUT2D eigenvalue weighted by molar-refractivity contribution is -0.121. The van der Waals surface area contributed by atoms with Crippen molar-refractivity contribution in [3.63, 3.8) is 0 Å². The Hall–Kier alpha value is -2.87. The largest absolute Gasteiger partial charge is 0.507 e. The van der Waals surface area contributed by atoms with Gasteiger partial charge in [-0.15, -0.1) is 0 Å². The lowest BCUT2D eigenvalue weighted by Crippen LogP contribution is -2.46. The molecule has 0 radical (unpaired) electrons. The van der Waals surface area contributed by atoms with Crippen LogP contribution in [0.15, 0.2) is 59.7 Å². The Morgan fingerprint density at radius 1 is 1.12 bits per heavy atom. The molecule has 0 bridgehead atoms. The average Bonchev–Trinajstić information content (AvgIpc) is 2.59. The first-order valence-electron chi connectivity index (χ1n) is 7.88. The maximum absolute atomic E-state index is 12.4.